The van der Waals surface area contributed by atoms with E-state index in [1.165, 1.54) is 19.1 Å². The highest BCUT2D eigenvalue weighted by molar-refractivity contribution is 7.89. The summed E-state index contributed by atoms with van der Waals surface area (Å²) in [5.41, 5.74) is 1.32. The van der Waals surface area contributed by atoms with Gasteiger partial charge in [0.2, 0.25) is 0 Å². The van der Waals surface area contributed by atoms with Crippen molar-refractivity contribution in [2.24, 2.45) is 5.92 Å². The van der Waals surface area contributed by atoms with Crippen LogP contribution in [0.5, 0.6) is 0 Å². The molecule has 2 fully saturated rings. The lowest BCUT2D eigenvalue weighted by molar-refractivity contribution is 0.0593. The van der Waals surface area contributed by atoms with E-state index in [4.69, 9.17) is 0 Å². The summed E-state index contributed by atoms with van der Waals surface area (Å²) in [6.07, 6.45) is 7.98. The zero-order chi connectivity index (χ0) is 17.3. The minimum atomic E-state index is -3.10. The van der Waals surface area contributed by atoms with Crippen LogP contribution in [0.4, 0.5) is 0 Å². The Hall–Kier alpha value is -1.36. The van der Waals surface area contributed by atoms with Gasteiger partial charge in [-0.25, -0.2) is 8.42 Å². The van der Waals surface area contributed by atoms with Crippen molar-refractivity contribution < 1.29 is 13.2 Å². The number of carbonyl (C=O) groups excluding carboxylic acids is 1. The number of hydrogen-bond acceptors (Lipinski definition) is 3. The lowest BCUT2D eigenvalue weighted by Gasteiger charge is -2.36. The second-order valence-corrected chi connectivity index (χ2v) is 9.77. The van der Waals surface area contributed by atoms with Crippen molar-refractivity contribution in [2.45, 2.75) is 63.3 Å². The Morgan fingerprint density at radius 1 is 1.08 bits per heavy atom. The number of sulfone groups is 1. The van der Waals surface area contributed by atoms with Gasteiger partial charge in [0, 0.05) is 23.9 Å². The third kappa shape index (κ3) is 4.38. The zero-order valence-corrected chi connectivity index (χ0v) is 15.4. The number of rotatable bonds is 5. The Kier molecular flexibility index (Phi) is 5.00. The molecule has 132 valence electrons. The van der Waals surface area contributed by atoms with Crippen LogP contribution in [0.1, 0.15) is 61.4 Å². The first kappa shape index (κ1) is 17.5. The molecule has 24 heavy (non-hydrogen) atoms. The van der Waals surface area contributed by atoms with Gasteiger partial charge in [-0.2, -0.15) is 0 Å². The molecule has 5 heteroatoms. The molecule has 0 atom stereocenters. The van der Waals surface area contributed by atoms with Crippen molar-refractivity contribution in [3.63, 3.8) is 0 Å². The molecular formula is C19H27NO3S. The highest BCUT2D eigenvalue weighted by Crippen LogP contribution is 2.36. The lowest BCUT2D eigenvalue weighted by atomic mass is 9.86. The summed E-state index contributed by atoms with van der Waals surface area (Å²) in [6, 6.07) is 7.87. The molecule has 1 aromatic carbocycles. The quantitative estimate of drug-likeness (QED) is 0.818. The maximum Gasteiger partial charge on any atom is 0.254 e. The highest BCUT2D eigenvalue weighted by Gasteiger charge is 2.38. The fourth-order valence-corrected chi connectivity index (χ4v) is 4.53. The van der Waals surface area contributed by atoms with Crippen LogP contribution in [0, 0.1) is 5.92 Å². The molecule has 1 amide bonds. The van der Waals surface area contributed by atoms with E-state index >= 15 is 0 Å². The monoisotopic (exact) mass is 349 g/mol. The van der Waals surface area contributed by atoms with Gasteiger partial charge in [0.1, 0.15) is 0 Å². The van der Waals surface area contributed by atoms with E-state index in [1.807, 2.05) is 6.07 Å². The van der Waals surface area contributed by atoms with Crippen LogP contribution in [0.15, 0.2) is 24.3 Å². The average Bonchev–Trinajstić information content (AvgIpc) is 3.33. The van der Waals surface area contributed by atoms with Gasteiger partial charge in [-0.3, -0.25) is 4.79 Å². The first-order valence-corrected chi connectivity index (χ1v) is 11.0. The molecule has 3 rings (SSSR count). The summed E-state index contributed by atoms with van der Waals surface area (Å²) >= 11 is 0. The summed E-state index contributed by atoms with van der Waals surface area (Å²) in [5, 5.41) is 0. The van der Waals surface area contributed by atoms with Gasteiger partial charge in [0.15, 0.2) is 9.84 Å². The number of hydrogen-bond donors (Lipinski definition) is 0. The Morgan fingerprint density at radius 3 is 2.21 bits per heavy atom. The molecule has 0 aromatic heterocycles. The van der Waals surface area contributed by atoms with E-state index in [0.717, 1.165) is 31.6 Å². The molecule has 0 saturated heterocycles. The predicted molar refractivity (Wildman–Crippen MR) is 95.6 cm³/mol. The zero-order valence-electron chi connectivity index (χ0n) is 14.6. The molecule has 0 spiro atoms. The van der Waals surface area contributed by atoms with Gasteiger partial charge in [-0.1, -0.05) is 19.1 Å². The summed E-state index contributed by atoms with van der Waals surface area (Å²) in [6.45, 7) is 2.29. The maximum atomic E-state index is 13.1. The van der Waals surface area contributed by atoms with Gasteiger partial charge in [-0.05, 0) is 62.1 Å². The van der Waals surface area contributed by atoms with Crippen LogP contribution < -0.4 is 0 Å². The second kappa shape index (κ2) is 6.87. The van der Waals surface area contributed by atoms with Crippen molar-refractivity contribution in [1.82, 2.24) is 4.90 Å². The Morgan fingerprint density at radius 2 is 1.67 bits per heavy atom. The third-order valence-corrected chi connectivity index (χ3v) is 6.01. The number of nitrogens with zero attached hydrogens (tertiary/aromatic N) is 1. The Bertz CT molecular complexity index is 701. The molecule has 0 N–H and O–H groups in total. The van der Waals surface area contributed by atoms with E-state index in [2.05, 4.69) is 11.8 Å². The van der Waals surface area contributed by atoms with Gasteiger partial charge in [-0.15, -0.1) is 0 Å². The van der Waals surface area contributed by atoms with E-state index in [0.29, 0.717) is 23.2 Å². The molecule has 2 aliphatic rings. The van der Waals surface area contributed by atoms with Crippen molar-refractivity contribution >= 4 is 15.7 Å². The van der Waals surface area contributed by atoms with Crippen molar-refractivity contribution in [1.29, 1.82) is 0 Å². The largest absolute Gasteiger partial charge is 0.333 e. The van der Waals surface area contributed by atoms with Crippen LogP contribution in [-0.2, 0) is 15.6 Å². The van der Waals surface area contributed by atoms with Gasteiger partial charge >= 0.3 is 0 Å². The minimum absolute atomic E-state index is 0.0154. The van der Waals surface area contributed by atoms with E-state index in [-0.39, 0.29) is 11.7 Å². The van der Waals surface area contributed by atoms with Crippen LogP contribution in [0.2, 0.25) is 0 Å². The molecule has 0 unspecified atom stereocenters. The smallest absolute Gasteiger partial charge is 0.254 e. The molecule has 0 aliphatic heterocycles. The molecule has 0 bridgehead atoms. The second-order valence-electron chi connectivity index (χ2n) is 7.63. The maximum absolute atomic E-state index is 13.1. The molecule has 2 saturated carbocycles. The van der Waals surface area contributed by atoms with Crippen LogP contribution in [0.3, 0.4) is 0 Å². The average molecular weight is 349 g/mol. The summed E-state index contributed by atoms with van der Waals surface area (Å²) in [4.78, 5) is 15.2. The summed E-state index contributed by atoms with van der Waals surface area (Å²) in [7, 11) is -3.10. The van der Waals surface area contributed by atoms with E-state index in [1.54, 1.807) is 18.2 Å². The van der Waals surface area contributed by atoms with Gasteiger partial charge < -0.3 is 4.90 Å². The van der Waals surface area contributed by atoms with Crippen LogP contribution in [0.25, 0.3) is 0 Å². The standard InChI is InChI=1S/C19H27NO3S/c1-14-6-8-17(9-7-14)20(18-10-11-18)19(21)16-5-3-4-15(12-16)13-24(2,22)23/h3-5,12,14,17-18H,6-11,13H2,1-2H3. The Balaban J connectivity index is 1.79. The summed E-state index contributed by atoms with van der Waals surface area (Å²) in [5.74, 6) is 0.821. The summed E-state index contributed by atoms with van der Waals surface area (Å²) < 4.78 is 23.0. The molecule has 0 heterocycles. The van der Waals surface area contributed by atoms with E-state index < -0.39 is 9.84 Å². The van der Waals surface area contributed by atoms with Gasteiger partial charge in [0.25, 0.3) is 5.91 Å². The molecule has 0 radical (unpaired) electrons. The molecule has 4 nitrogen and oxygen atoms in total. The van der Waals surface area contributed by atoms with E-state index in [9.17, 15) is 13.2 Å². The van der Waals surface area contributed by atoms with Crippen molar-refractivity contribution in [2.75, 3.05) is 6.26 Å². The lowest BCUT2D eigenvalue weighted by Crippen LogP contribution is -2.43. The fourth-order valence-electron chi connectivity index (χ4n) is 3.75. The molecular weight excluding hydrogens is 322 g/mol. The fraction of sp³-hybridized carbons (Fsp3) is 0.632. The van der Waals surface area contributed by atoms with Crippen LogP contribution >= 0.6 is 0 Å². The van der Waals surface area contributed by atoms with Crippen molar-refractivity contribution in [3.8, 4) is 0 Å². The molecule has 2 aliphatic carbocycles. The third-order valence-electron chi connectivity index (χ3n) is 5.16. The number of benzene rings is 1. The topological polar surface area (TPSA) is 54.5 Å². The predicted octanol–water partition coefficient (Wildman–Crippen LogP) is 3.41. The molecule has 1 aromatic rings. The number of amides is 1. The minimum Gasteiger partial charge on any atom is -0.333 e. The normalized spacial score (nSPS) is 24.6. The first-order chi connectivity index (χ1) is 11.3. The SMILES string of the molecule is CC1CCC(N(C(=O)c2cccc(CS(C)(=O)=O)c2)C2CC2)CC1. The van der Waals surface area contributed by atoms with Crippen LogP contribution in [-0.4, -0.2) is 37.6 Å². The highest BCUT2D eigenvalue weighted by atomic mass is 32.2. The number of carbonyl (C=O) groups is 1. The Labute approximate surface area is 145 Å². The first-order valence-electron chi connectivity index (χ1n) is 8.93. The van der Waals surface area contributed by atoms with Gasteiger partial charge in [0.05, 0.1) is 5.75 Å². The van der Waals surface area contributed by atoms with Crippen molar-refractivity contribution in [3.05, 3.63) is 35.4 Å².